The number of carbonyl (C=O) groups is 1. The number of urea groups is 1. The van der Waals surface area contributed by atoms with Gasteiger partial charge in [0.1, 0.15) is 5.75 Å². The van der Waals surface area contributed by atoms with Gasteiger partial charge >= 0.3 is 6.03 Å². The van der Waals surface area contributed by atoms with E-state index in [4.69, 9.17) is 10.8 Å². The summed E-state index contributed by atoms with van der Waals surface area (Å²) in [6.45, 7) is 0. The second kappa shape index (κ2) is 3.47. The fourth-order valence-corrected chi connectivity index (χ4v) is 0.679. The molecule has 1 aromatic carbocycles. The van der Waals surface area contributed by atoms with E-state index in [0.29, 0.717) is 5.69 Å². The number of phenolic OH excluding ortho intramolecular Hbond substituents is 1. The number of phenols is 1. The van der Waals surface area contributed by atoms with Crippen LogP contribution in [0.15, 0.2) is 24.3 Å². The summed E-state index contributed by atoms with van der Waals surface area (Å²) in [7, 11) is 0. The molecule has 5 N–H and O–H groups in total. The van der Waals surface area contributed by atoms with Crippen LogP contribution in [0.5, 0.6) is 5.75 Å². The van der Waals surface area contributed by atoms with Crippen molar-refractivity contribution in [3.63, 3.8) is 0 Å². The first kappa shape index (κ1) is 8.19. The third-order valence-corrected chi connectivity index (χ3v) is 1.20. The van der Waals surface area contributed by atoms with Crippen LogP contribution in [0.25, 0.3) is 0 Å². The third kappa shape index (κ3) is 2.37. The first-order valence-electron chi connectivity index (χ1n) is 3.29. The van der Waals surface area contributed by atoms with Gasteiger partial charge in [-0.1, -0.05) is 0 Å². The number of anilines is 1. The van der Waals surface area contributed by atoms with E-state index in [-0.39, 0.29) is 5.75 Å². The maximum Gasteiger partial charge on any atom is 0.330 e. The van der Waals surface area contributed by atoms with Crippen LogP contribution in [-0.2, 0) is 0 Å². The molecule has 0 aliphatic heterocycles. The first-order valence-corrected chi connectivity index (χ1v) is 3.29. The molecule has 0 atom stereocenters. The summed E-state index contributed by atoms with van der Waals surface area (Å²) in [5, 5.41) is 8.89. The Morgan fingerprint density at radius 2 is 1.92 bits per heavy atom. The molecule has 5 nitrogen and oxygen atoms in total. The molecule has 0 radical (unpaired) electrons. The van der Waals surface area contributed by atoms with Gasteiger partial charge in [0.15, 0.2) is 0 Å². The number of carbonyl (C=O) groups excluding carboxylic acids is 1. The quantitative estimate of drug-likeness (QED) is 0.379. The highest BCUT2D eigenvalue weighted by atomic mass is 16.3. The molecule has 5 heteroatoms. The van der Waals surface area contributed by atoms with Crippen molar-refractivity contribution in [3.8, 4) is 5.75 Å². The number of hydrogen-bond donors (Lipinski definition) is 4. The summed E-state index contributed by atoms with van der Waals surface area (Å²) >= 11 is 0. The van der Waals surface area contributed by atoms with Crippen LogP contribution in [0.4, 0.5) is 10.5 Å². The Hall–Kier alpha value is -1.91. The van der Waals surface area contributed by atoms with E-state index in [0.717, 1.165) is 0 Å². The number of amides is 2. The van der Waals surface area contributed by atoms with Crippen molar-refractivity contribution >= 4 is 11.7 Å². The summed E-state index contributed by atoms with van der Waals surface area (Å²) in [4.78, 5) is 10.2. The average molecular weight is 167 g/mol. The van der Waals surface area contributed by atoms with Crippen molar-refractivity contribution in [2.24, 2.45) is 5.73 Å². The van der Waals surface area contributed by atoms with Crippen LogP contribution in [-0.4, -0.2) is 11.1 Å². The third-order valence-electron chi connectivity index (χ3n) is 1.20. The molecule has 0 aromatic heterocycles. The van der Waals surface area contributed by atoms with E-state index < -0.39 is 6.03 Å². The molecule has 0 aliphatic carbocycles. The van der Waals surface area contributed by atoms with Gasteiger partial charge in [-0.25, -0.2) is 4.79 Å². The normalized spacial score (nSPS) is 9.00. The molecule has 0 saturated carbocycles. The monoisotopic (exact) mass is 167 g/mol. The van der Waals surface area contributed by atoms with Crippen LogP contribution in [0.3, 0.4) is 0 Å². The lowest BCUT2D eigenvalue weighted by Crippen LogP contribution is -2.34. The molecule has 1 rings (SSSR count). The van der Waals surface area contributed by atoms with E-state index in [2.05, 4.69) is 10.9 Å². The van der Waals surface area contributed by atoms with E-state index >= 15 is 0 Å². The Morgan fingerprint density at radius 3 is 2.42 bits per heavy atom. The molecule has 0 fully saturated rings. The van der Waals surface area contributed by atoms with Gasteiger partial charge in [-0.3, -0.25) is 10.9 Å². The van der Waals surface area contributed by atoms with Crippen LogP contribution in [0.1, 0.15) is 0 Å². The van der Waals surface area contributed by atoms with Gasteiger partial charge in [0.2, 0.25) is 0 Å². The van der Waals surface area contributed by atoms with Crippen molar-refractivity contribution in [2.75, 3.05) is 5.43 Å². The smallest absolute Gasteiger partial charge is 0.330 e. The Bertz CT molecular complexity index is 270. The van der Waals surface area contributed by atoms with Gasteiger partial charge in [-0.2, -0.15) is 0 Å². The number of hydrogen-bond acceptors (Lipinski definition) is 3. The molecule has 0 aliphatic rings. The van der Waals surface area contributed by atoms with Crippen molar-refractivity contribution in [3.05, 3.63) is 24.3 Å². The van der Waals surface area contributed by atoms with Crippen molar-refractivity contribution in [2.45, 2.75) is 0 Å². The van der Waals surface area contributed by atoms with Crippen molar-refractivity contribution < 1.29 is 9.90 Å². The number of aromatic hydroxyl groups is 1. The Labute approximate surface area is 69.2 Å². The second-order valence-electron chi connectivity index (χ2n) is 2.16. The summed E-state index contributed by atoms with van der Waals surface area (Å²) in [6, 6.07) is 5.52. The van der Waals surface area contributed by atoms with Crippen LogP contribution >= 0.6 is 0 Å². The van der Waals surface area contributed by atoms with Gasteiger partial charge in [0.05, 0.1) is 5.69 Å². The predicted octanol–water partition coefficient (Wildman–Crippen LogP) is 0.387. The number of nitrogens with one attached hydrogen (secondary N) is 2. The van der Waals surface area contributed by atoms with Crippen LogP contribution in [0, 0.1) is 0 Å². The molecule has 1 aromatic rings. The SMILES string of the molecule is NC(=O)NNc1ccc(O)cc1. The fourth-order valence-electron chi connectivity index (χ4n) is 0.679. The van der Waals surface area contributed by atoms with Gasteiger partial charge in [0, 0.05) is 0 Å². The van der Waals surface area contributed by atoms with Gasteiger partial charge < -0.3 is 10.8 Å². The molecule has 2 amide bonds. The van der Waals surface area contributed by atoms with E-state index in [1.54, 1.807) is 12.1 Å². The predicted molar refractivity (Wildman–Crippen MR) is 44.4 cm³/mol. The lowest BCUT2D eigenvalue weighted by Gasteiger charge is -2.04. The highest BCUT2D eigenvalue weighted by Gasteiger charge is 1.92. The topological polar surface area (TPSA) is 87.4 Å². The molecule has 64 valence electrons. The van der Waals surface area contributed by atoms with E-state index in [1.807, 2.05) is 0 Å². The zero-order valence-electron chi connectivity index (χ0n) is 6.24. The minimum absolute atomic E-state index is 0.166. The zero-order valence-corrected chi connectivity index (χ0v) is 6.24. The number of rotatable bonds is 2. The Kier molecular flexibility index (Phi) is 2.37. The summed E-state index contributed by atoms with van der Waals surface area (Å²) in [5.74, 6) is 0.166. The van der Waals surface area contributed by atoms with Crippen LogP contribution in [0.2, 0.25) is 0 Å². The molecule has 0 saturated heterocycles. The molecule has 0 heterocycles. The minimum atomic E-state index is -0.664. The molecule has 0 bridgehead atoms. The van der Waals surface area contributed by atoms with E-state index in [9.17, 15) is 4.79 Å². The lowest BCUT2D eigenvalue weighted by atomic mass is 10.3. The second-order valence-corrected chi connectivity index (χ2v) is 2.16. The van der Waals surface area contributed by atoms with Crippen LogP contribution < -0.4 is 16.6 Å². The largest absolute Gasteiger partial charge is 0.508 e. The summed E-state index contributed by atoms with van der Waals surface area (Å²) in [6.07, 6.45) is 0. The molecule has 0 spiro atoms. The van der Waals surface area contributed by atoms with E-state index in [1.165, 1.54) is 12.1 Å². The first-order chi connectivity index (χ1) is 5.68. The molecule has 12 heavy (non-hydrogen) atoms. The zero-order chi connectivity index (χ0) is 8.97. The summed E-state index contributed by atoms with van der Waals surface area (Å²) < 4.78 is 0. The van der Waals surface area contributed by atoms with Gasteiger partial charge in [-0.15, -0.1) is 0 Å². The standard InChI is InChI=1S/C7H9N3O2/c8-7(12)10-9-5-1-3-6(11)4-2-5/h1-4,9,11H,(H3,8,10,12). The number of nitrogens with two attached hydrogens (primary N) is 1. The van der Waals surface area contributed by atoms with Crippen molar-refractivity contribution in [1.82, 2.24) is 5.43 Å². The van der Waals surface area contributed by atoms with Gasteiger partial charge in [-0.05, 0) is 24.3 Å². The number of primary amides is 1. The molecular weight excluding hydrogens is 158 g/mol. The maximum absolute atomic E-state index is 10.2. The number of hydrazine groups is 1. The lowest BCUT2D eigenvalue weighted by molar-refractivity contribution is 0.250. The summed E-state index contributed by atoms with van der Waals surface area (Å²) in [5.41, 5.74) is 10.2. The fraction of sp³-hybridized carbons (Fsp3) is 0. The Balaban J connectivity index is 2.53. The minimum Gasteiger partial charge on any atom is -0.508 e. The molecular formula is C7H9N3O2. The van der Waals surface area contributed by atoms with Gasteiger partial charge in [0.25, 0.3) is 0 Å². The van der Waals surface area contributed by atoms with Crippen molar-refractivity contribution in [1.29, 1.82) is 0 Å². The number of benzene rings is 1. The Morgan fingerprint density at radius 1 is 1.33 bits per heavy atom. The highest BCUT2D eigenvalue weighted by molar-refractivity contribution is 5.73. The average Bonchev–Trinajstić information content (AvgIpc) is 2.03. The highest BCUT2D eigenvalue weighted by Crippen LogP contribution is 2.12. The maximum atomic E-state index is 10.2. The molecule has 0 unspecified atom stereocenters.